The van der Waals surface area contributed by atoms with E-state index in [9.17, 15) is 14.4 Å². The molecule has 0 aromatic heterocycles. The van der Waals surface area contributed by atoms with E-state index in [4.69, 9.17) is 35.2 Å². The minimum absolute atomic E-state index is 0.203. The number of carboxylic acids is 2. The molecule has 0 aromatic rings. The SMILES string of the molecule is CCCCCCCCCCCC(=O)C(CC(=O)O)[C@H](N)C(=O)O.O=P(O)(O)O. The van der Waals surface area contributed by atoms with E-state index in [1.54, 1.807) is 0 Å². The Balaban J connectivity index is 0. The van der Waals surface area contributed by atoms with Gasteiger partial charge in [0.15, 0.2) is 0 Å². The van der Waals surface area contributed by atoms with Crippen molar-refractivity contribution >= 4 is 25.5 Å². The van der Waals surface area contributed by atoms with E-state index in [0.29, 0.717) is 6.42 Å². The molecule has 0 spiro atoms. The molecule has 0 bridgehead atoms. The van der Waals surface area contributed by atoms with Crippen molar-refractivity contribution in [2.45, 2.75) is 83.6 Å². The Labute approximate surface area is 165 Å². The lowest BCUT2D eigenvalue weighted by Crippen LogP contribution is -2.43. The molecule has 0 saturated heterocycles. The van der Waals surface area contributed by atoms with Crippen LogP contribution in [0.2, 0.25) is 0 Å². The molecule has 0 saturated carbocycles. The summed E-state index contributed by atoms with van der Waals surface area (Å²) in [5.41, 5.74) is 5.44. The first-order valence-corrected chi connectivity index (χ1v) is 11.0. The van der Waals surface area contributed by atoms with Crippen molar-refractivity contribution in [2.24, 2.45) is 11.7 Å². The van der Waals surface area contributed by atoms with Crippen molar-refractivity contribution in [1.29, 1.82) is 0 Å². The zero-order valence-corrected chi connectivity index (χ0v) is 17.2. The highest BCUT2D eigenvalue weighted by atomic mass is 31.2. The number of Topliss-reactive ketones (excluding diaryl/α,β-unsaturated/α-hetero) is 1. The number of hydrogen-bond donors (Lipinski definition) is 6. The van der Waals surface area contributed by atoms with Gasteiger partial charge in [0.1, 0.15) is 11.8 Å². The van der Waals surface area contributed by atoms with Crippen molar-refractivity contribution in [3.63, 3.8) is 0 Å². The molecule has 0 aliphatic heterocycles. The molecule has 7 N–H and O–H groups in total. The fourth-order valence-corrected chi connectivity index (χ4v) is 2.60. The number of aliphatic carboxylic acids is 2. The number of unbranched alkanes of at least 4 members (excludes halogenated alkanes) is 8. The Morgan fingerprint density at radius 2 is 1.25 bits per heavy atom. The van der Waals surface area contributed by atoms with Crippen molar-refractivity contribution in [2.75, 3.05) is 0 Å². The van der Waals surface area contributed by atoms with Crippen molar-refractivity contribution in [1.82, 2.24) is 0 Å². The predicted molar refractivity (Wildman–Crippen MR) is 102 cm³/mol. The van der Waals surface area contributed by atoms with Gasteiger partial charge in [-0.1, -0.05) is 58.3 Å². The van der Waals surface area contributed by atoms with Gasteiger partial charge in [-0.15, -0.1) is 0 Å². The Hall–Kier alpha value is -1.32. The highest BCUT2D eigenvalue weighted by Crippen LogP contribution is 2.25. The second-order valence-electron chi connectivity index (χ2n) is 6.63. The molecule has 0 rings (SSSR count). The van der Waals surface area contributed by atoms with E-state index in [1.807, 2.05) is 0 Å². The van der Waals surface area contributed by atoms with Gasteiger partial charge in [0, 0.05) is 6.42 Å². The highest BCUT2D eigenvalue weighted by molar-refractivity contribution is 7.45. The minimum atomic E-state index is -4.64. The number of rotatable bonds is 15. The summed E-state index contributed by atoms with van der Waals surface area (Å²) in [6.07, 6.45) is 9.69. The average Bonchev–Trinajstić information content (AvgIpc) is 2.55. The van der Waals surface area contributed by atoms with E-state index < -0.39 is 38.1 Å². The third-order valence-electron chi connectivity index (χ3n) is 4.05. The monoisotopic (exact) mass is 427 g/mol. The minimum Gasteiger partial charge on any atom is -0.481 e. The molecule has 166 valence electrons. The lowest BCUT2D eigenvalue weighted by Gasteiger charge is -2.17. The Kier molecular flexibility index (Phi) is 17.1. The van der Waals surface area contributed by atoms with Gasteiger partial charge in [0.25, 0.3) is 0 Å². The highest BCUT2D eigenvalue weighted by Gasteiger charge is 2.31. The summed E-state index contributed by atoms with van der Waals surface area (Å²) in [4.78, 5) is 55.2. The van der Waals surface area contributed by atoms with Crippen LogP contribution in [0.25, 0.3) is 0 Å². The van der Waals surface area contributed by atoms with E-state index in [0.717, 1.165) is 19.3 Å². The number of hydrogen-bond acceptors (Lipinski definition) is 5. The van der Waals surface area contributed by atoms with E-state index in [2.05, 4.69) is 6.92 Å². The average molecular weight is 427 g/mol. The van der Waals surface area contributed by atoms with Crippen molar-refractivity contribution < 1.29 is 43.8 Å². The maximum Gasteiger partial charge on any atom is 0.466 e. The summed E-state index contributed by atoms with van der Waals surface area (Å²) in [7, 11) is -4.64. The summed E-state index contributed by atoms with van der Waals surface area (Å²) in [6, 6.07) is -1.45. The first-order chi connectivity index (χ1) is 12.9. The molecular formula is C17H34NO9P. The Morgan fingerprint density at radius 3 is 1.61 bits per heavy atom. The van der Waals surface area contributed by atoms with Crippen LogP contribution in [0.3, 0.4) is 0 Å². The Bertz CT molecular complexity index is 499. The molecule has 11 heteroatoms. The van der Waals surface area contributed by atoms with Gasteiger partial charge in [-0.2, -0.15) is 0 Å². The summed E-state index contributed by atoms with van der Waals surface area (Å²) >= 11 is 0. The van der Waals surface area contributed by atoms with Gasteiger partial charge in [0.2, 0.25) is 0 Å². The lowest BCUT2D eigenvalue weighted by molar-refractivity contribution is -0.146. The smallest absolute Gasteiger partial charge is 0.466 e. The van der Waals surface area contributed by atoms with Crippen LogP contribution in [-0.2, 0) is 18.9 Å². The lowest BCUT2D eigenvalue weighted by atomic mass is 9.89. The van der Waals surface area contributed by atoms with Crippen LogP contribution in [0.15, 0.2) is 0 Å². The fraction of sp³-hybridized carbons (Fsp3) is 0.824. The first-order valence-electron chi connectivity index (χ1n) is 9.41. The number of nitrogens with two attached hydrogens (primary N) is 1. The summed E-state index contributed by atoms with van der Waals surface area (Å²) in [5, 5.41) is 17.7. The topological polar surface area (TPSA) is 195 Å². The van der Waals surface area contributed by atoms with Crippen LogP contribution >= 0.6 is 7.82 Å². The molecule has 0 amide bonds. The van der Waals surface area contributed by atoms with Crippen LogP contribution < -0.4 is 5.73 Å². The molecule has 0 aromatic carbocycles. The summed E-state index contributed by atoms with van der Waals surface area (Å²) in [5.74, 6) is -4.03. The molecule has 1 unspecified atom stereocenters. The molecule has 0 aliphatic rings. The largest absolute Gasteiger partial charge is 0.481 e. The number of phosphoric acid groups is 1. The second-order valence-corrected chi connectivity index (χ2v) is 7.65. The van der Waals surface area contributed by atoms with Gasteiger partial charge in [-0.3, -0.25) is 14.4 Å². The zero-order valence-electron chi connectivity index (χ0n) is 16.3. The second kappa shape index (κ2) is 16.6. The molecule has 0 heterocycles. The van der Waals surface area contributed by atoms with Crippen molar-refractivity contribution in [3.8, 4) is 0 Å². The van der Waals surface area contributed by atoms with Gasteiger partial charge >= 0.3 is 19.8 Å². The van der Waals surface area contributed by atoms with Crippen LogP contribution in [-0.4, -0.2) is 48.7 Å². The van der Waals surface area contributed by atoms with E-state index >= 15 is 0 Å². The third kappa shape index (κ3) is 21.0. The van der Waals surface area contributed by atoms with Crippen LogP contribution in [0.4, 0.5) is 0 Å². The first kappa shape index (κ1) is 28.9. The van der Waals surface area contributed by atoms with Gasteiger partial charge in [0.05, 0.1) is 12.3 Å². The quantitative estimate of drug-likeness (QED) is 0.166. The summed E-state index contributed by atoms with van der Waals surface area (Å²) in [6.45, 7) is 2.19. The van der Waals surface area contributed by atoms with Crippen LogP contribution in [0, 0.1) is 5.92 Å². The number of carbonyl (C=O) groups excluding carboxylic acids is 1. The molecule has 0 radical (unpaired) electrons. The normalized spacial score (nSPS) is 13.2. The van der Waals surface area contributed by atoms with E-state index in [-0.39, 0.29) is 12.2 Å². The predicted octanol–water partition coefficient (Wildman–Crippen LogP) is 2.05. The molecule has 10 nitrogen and oxygen atoms in total. The maximum absolute atomic E-state index is 12.0. The van der Waals surface area contributed by atoms with Gasteiger partial charge in [-0.25, -0.2) is 4.57 Å². The maximum atomic E-state index is 12.0. The number of ketones is 1. The van der Waals surface area contributed by atoms with Crippen LogP contribution in [0.1, 0.15) is 77.6 Å². The fourth-order valence-electron chi connectivity index (χ4n) is 2.60. The zero-order chi connectivity index (χ0) is 22.2. The van der Waals surface area contributed by atoms with Crippen LogP contribution in [0.5, 0.6) is 0 Å². The molecule has 28 heavy (non-hydrogen) atoms. The number of carbonyl (C=O) groups is 3. The molecular weight excluding hydrogens is 393 g/mol. The van der Waals surface area contributed by atoms with Gasteiger partial charge in [-0.05, 0) is 6.42 Å². The number of carboxylic acid groups (broad SMARTS) is 2. The standard InChI is InChI=1S/C17H31NO5.H3O4P/c1-2-3-4-5-6-7-8-9-10-11-14(19)13(12-15(20)21)16(18)17(22)23;1-5(2,3)4/h13,16H,2-12,18H2,1H3,(H,20,21)(H,22,23);(H3,1,2,3,4)/t13?,16-;/m0./s1. The van der Waals surface area contributed by atoms with Crippen molar-refractivity contribution in [3.05, 3.63) is 0 Å². The van der Waals surface area contributed by atoms with Gasteiger partial charge < -0.3 is 30.6 Å². The molecule has 0 aliphatic carbocycles. The third-order valence-corrected chi connectivity index (χ3v) is 4.05. The van der Waals surface area contributed by atoms with E-state index in [1.165, 1.54) is 32.1 Å². The molecule has 2 atom stereocenters. The summed E-state index contributed by atoms with van der Waals surface area (Å²) < 4.78 is 8.88. The Morgan fingerprint density at radius 1 is 0.857 bits per heavy atom. The molecule has 0 fully saturated rings.